The van der Waals surface area contributed by atoms with E-state index >= 15 is 0 Å². The van der Waals surface area contributed by atoms with Crippen molar-refractivity contribution in [2.24, 2.45) is 11.7 Å². The summed E-state index contributed by atoms with van der Waals surface area (Å²) in [5.74, 6) is -0.528. The van der Waals surface area contributed by atoms with Crippen molar-refractivity contribution in [1.29, 1.82) is 0 Å². The Morgan fingerprint density at radius 2 is 2.00 bits per heavy atom. The van der Waals surface area contributed by atoms with Crippen LogP contribution >= 0.6 is 0 Å². The average Bonchev–Trinajstić information content (AvgIpc) is 2.43. The molecular formula is C14H19F3N2O2. The van der Waals surface area contributed by atoms with Crippen LogP contribution in [0.3, 0.4) is 0 Å². The molecule has 1 aromatic rings. The van der Waals surface area contributed by atoms with E-state index in [4.69, 9.17) is 5.73 Å². The van der Waals surface area contributed by atoms with Gasteiger partial charge in [0.05, 0.1) is 11.7 Å². The van der Waals surface area contributed by atoms with E-state index in [0.29, 0.717) is 0 Å². The molecule has 0 unspecified atom stereocenters. The van der Waals surface area contributed by atoms with Gasteiger partial charge in [0, 0.05) is 0 Å². The molecule has 3 N–H and O–H groups in total. The van der Waals surface area contributed by atoms with Gasteiger partial charge in [-0.2, -0.15) is 13.2 Å². The smallest absolute Gasteiger partial charge is 0.422 e. The second-order valence-electron chi connectivity index (χ2n) is 4.80. The van der Waals surface area contributed by atoms with Crippen LogP contribution in [0.4, 0.5) is 18.9 Å². The molecule has 0 saturated carbocycles. The van der Waals surface area contributed by atoms with Crippen LogP contribution in [0.25, 0.3) is 0 Å². The molecule has 1 rings (SSSR count). The Morgan fingerprint density at radius 1 is 1.38 bits per heavy atom. The second-order valence-corrected chi connectivity index (χ2v) is 4.80. The lowest BCUT2D eigenvalue weighted by molar-refractivity contribution is -0.153. The van der Waals surface area contributed by atoms with Crippen LogP contribution in [0.15, 0.2) is 24.3 Å². The number of alkyl halides is 3. The molecule has 0 radical (unpaired) electrons. The minimum absolute atomic E-state index is 0.0340. The van der Waals surface area contributed by atoms with Crippen LogP contribution in [0.1, 0.15) is 20.3 Å². The molecule has 1 amide bonds. The second kappa shape index (κ2) is 7.31. The van der Waals surface area contributed by atoms with Crippen molar-refractivity contribution in [3.05, 3.63) is 24.3 Å². The number of halogens is 3. The molecule has 1 aromatic carbocycles. The van der Waals surface area contributed by atoms with Gasteiger partial charge in [-0.15, -0.1) is 0 Å². The zero-order valence-electron chi connectivity index (χ0n) is 11.9. The van der Waals surface area contributed by atoms with E-state index in [1.807, 2.05) is 13.8 Å². The van der Waals surface area contributed by atoms with Gasteiger partial charge in [-0.3, -0.25) is 4.79 Å². The number of hydrogen-bond donors (Lipinski definition) is 2. The van der Waals surface area contributed by atoms with Gasteiger partial charge in [0.15, 0.2) is 6.61 Å². The summed E-state index contributed by atoms with van der Waals surface area (Å²) in [5.41, 5.74) is 5.95. The fourth-order valence-electron chi connectivity index (χ4n) is 1.58. The SMILES string of the molecule is CC[C@H](C)[C@H](N)C(=O)Nc1ccccc1OCC(F)(F)F. The number of nitrogens with one attached hydrogen (secondary N) is 1. The van der Waals surface area contributed by atoms with E-state index in [1.165, 1.54) is 18.2 Å². The van der Waals surface area contributed by atoms with Gasteiger partial charge in [0.25, 0.3) is 0 Å². The molecule has 0 fully saturated rings. The number of para-hydroxylation sites is 2. The topological polar surface area (TPSA) is 64.4 Å². The van der Waals surface area contributed by atoms with Crippen molar-refractivity contribution >= 4 is 11.6 Å². The average molecular weight is 304 g/mol. The predicted octanol–water partition coefficient (Wildman–Crippen LogP) is 2.94. The maximum Gasteiger partial charge on any atom is 0.422 e. The number of carbonyl (C=O) groups is 1. The number of carbonyl (C=O) groups excluding carboxylic acids is 1. The molecule has 0 saturated heterocycles. The standard InChI is InChI=1S/C14H19F3N2O2/c1-3-9(2)12(18)13(20)19-10-6-4-5-7-11(10)21-8-14(15,16)17/h4-7,9,12H,3,8,18H2,1-2H3,(H,19,20)/t9-,12-/m0/s1. The van der Waals surface area contributed by atoms with Gasteiger partial charge in [0.2, 0.25) is 5.91 Å². The molecule has 0 aliphatic heterocycles. The Hall–Kier alpha value is -1.76. The van der Waals surface area contributed by atoms with E-state index in [-0.39, 0.29) is 17.4 Å². The Balaban J connectivity index is 2.77. The van der Waals surface area contributed by atoms with Crippen molar-refractivity contribution in [3.8, 4) is 5.75 Å². The highest BCUT2D eigenvalue weighted by Crippen LogP contribution is 2.26. The number of nitrogens with two attached hydrogens (primary N) is 1. The van der Waals surface area contributed by atoms with E-state index in [0.717, 1.165) is 6.42 Å². The van der Waals surface area contributed by atoms with Crippen LogP contribution in [-0.4, -0.2) is 24.7 Å². The predicted molar refractivity (Wildman–Crippen MR) is 74.1 cm³/mol. The molecule has 0 heterocycles. The summed E-state index contributed by atoms with van der Waals surface area (Å²) in [6.07, 6.45) is -3.72. The molecule has 0 aliphatic rings. The highest BCUT2D eigenvalue weighted by Gasteiger charge is 2.29. The summed E-state index contributed by atoms with van der Waals surface area (Å²) in [6.45, 7) is 2.31. The third-order valence-electron chi connectivity index (χ3n) is 3.10. The number of hydrogen-bond acceptors (Lipinski definition) is 3. The minimum Gasteiger partial charge on any atom is -0.482 e. The van der Waals surface area contributed by atoms with Crippen LogP contribution in [0, 0.1) is 5.92 Å². The van der Waals surface area contributed by atoms with Crippen molar-refractivity contribution in [2.75, 3.05) is 11.9 Å². The van der Waals surface area contributed by atoms with Gasteiger partial charge >= 0.3 is 6.18 Å². The van der Waals surface area contributed by atoms with Gasteiger partial charge in [-0.25, -0.2) is 0 Å². The zero-order valence-corrected chi connectivity index (χ0v) is 11.9. The Kier molecular flexibility index (Phi) is 6.02. The summed E-state index contributed by atoms with van der Waals surface area (Å²) in [4.78, 5) is 12.0. The summed E-state index contributed by atoms with van der Waals surface area (Å²) >= 11 is 0. The first-order valence-corrected chi connectivity index (χ1v) is 6.59. The summed E-state index contributed by atoms with van der Waals surface area (Å²) in [7, 11) is 0. The van der Waals surface area contributed by atoms with E-state index < -0.39 is 24.7 Å². The van der Waals surface area contributed by atoms with Gasteiger partial charge in [-0.05, 0) is 18.1 Å². The lowest BCUT2D eigenvalue weighted by Crippen LogP contribution is -2.40. The highest BCUT2D eigenvalue weighted by atomic mass is 19.4. The first-order valence-electron chi connectivity index (χ1n) is 6.59. The molecule has 21 heavy (non-hydrogen) atoms. The van der Waals surface area contributed by atoms with Gasteiger partial charge in [0.1, 0.15) is 5.75 Å². The fraction of sp³-hybridized carbons (Fsp3) is 0.500. The number of rotatable bonds is 6. The third kappa shape index (κ3) is 5.63. The largest absolute Gasteiger partial charge is 0.482 e. The molecule has 2 atom stereocenters. The van der Waals surface area contributed by atoms with Crippen LogP contribution < -0.4 is 15.8 Å². The monoisotopic (exact) mass is 304 g/mol. The molecule has 0 aliphatic carbocycles. The number of amides is 1. The van der Waals surface area contributed by atoms with Crippen molar-refractivity contribution < 1.29 is 22.7 Å². The third-order valence-corrected chi connectivity index (χ3v) is 3.10. The Bertz CT molecular complexity index is 478. The van der Waals surface area contributed by atoms with E-state index in [9.17, 15) is 18.0 Å². The van der Waals surface area contributed by atoms with Crippen LogP contribution in [0.2, 0.25) is 0 Å². The zero-order chi connectivity index (χ0) is 16.0. The van der Waals surface area contributed by atoms with Crippen molar-refractivity contribution in [3.63, 3.8) is 0 Å². The molecule has 0 bridgehead atoms. The molecule has 118 valence electrons. The normalized spacial score (nSPS) is 14.4. The number of benzene rings is 1. The summed E-state index contributed by atoms with van der Waals surface area (Å²) < 4.78 is 41.2. The molecule has 0 spiro atoms. The summed E-state index contributed by atoms with van der Waals surface area (Å²) in [5, 5.41) is 2.51. The minimum atomic E-state index is -4.44. The summed E-state index contributed by atoms with van der Waals surface area (Å²) in [6, 6.07) is 5.20. The number of ether oxygens (including phenoxy) is 1. The lowest BCUT2D eigenvalue weighted by atomic mass is 9.99. The highest BCUT2D eigenvalue weighted by molar-refractivity contribution is 5.96. The Labute approximate surface area is 121 Å². The maximum atomic E-state index is 12.2. The van der Waals surface area contributed by atoms with E-state index in [2.05, 4.69) is 10.1 Å². The molecule has 0 aromatic heterocycles. The lowest BCUT2D eigenvalue weighted by Gasteiger charge is -2.19. The quantitative estimate of drug-likeness (QED) is 0.849. The number of anilines is 1. The Morgan fingerprint density at radius 3 is 2.57 bits per heavy atom. The molecule has 7 heteroatoms. The molecule has 4 nitrogen and oxygen atoms in total. The van der Waals surface area contributed by atoms with Gasteiger partial charge < -0.3 is 15.8 Å². The fourth-order valence-corrected chi connectivity index (χ4v) is 1.58. The van der Waals surface area contributed by atoms with Gasteiger partial charge in [-0.1, -0.05) is 32.4 Å². The van der Waals surface area contributed by atoms with Crippen LogP contribution in [0.5, 0.6) is 5.75 Å². The molecular weight excluding hydrogens is 285 g/mol. The van der Waals surface area contributed by atoms with Crippen molar-refractivity contribution in [1.82, 2.24) is 0 Å². The van der Waals surface area contributed by atoms with Crippen LogP contribution in [-0.2, 0) is 4.79 Å². The van der Waals surface area contributed by atoms with Crippen molar-refractivity contribution in [2.45, 2.75) is 32.5 Å². The maximum absolute atomic E-state index is 12.2. The first-order chi connectivity index (χ1) is 9.74. The van der Waals surface area contributed by atoms with E-state index in [1.54, 1.807) is 6.07 Å². The first kappa shape index (κ1) is 17.3.